The van der Waals surface area contributed by atoms with E-state index >= 15 is 0 Å². The number of ether oxygens (including phenoxy) is 2. The van der Waals surface area contributed by atoms with Crippen molar-refractivity contribution in [1.82, 2.24) is 4.98 Å². The number of carbonyl (C=O) groups is 2. The first-order valence-electron chi connectivity index (χ1n) is 10.2. The maximum absolute atomic E-state index is 12.9. The van der Waals surface area contributed by atoms with Crippen molar-refractivity contribution in [2.75, 3.05) is 7.11 Å². The van der Waals surface area contributed by atoms with E-state index in [-0.39, 0.29) is 41.6 Å². The molecule has 1 aromatic heterocycles. The highest BCUT2D eigenvalue weighted by atomic mass is 16.5. The van der Waals surface area contributed by atoms with Gasteiger partial charge in [-0.1, -0.05) is 45.0 Å². The summed E-state index contributed by atoms with van der Waals surface area (Å²) in [5, 5.41) is 10.2. The van der Waals surface area contributed by atoms with Crippen molar-refractivity contribution in [3.05, 3.63) is 53.3 Å². The number of nitrogens with zero attached hydrogens (tertiary/aromatic N) is 1. The highest BCUT2D eigenvalue weighted by Gasteiger charge is 2.31. The van der Waals surface area contributed by atoms with Crippen LogP contribution >= 0.6 is 0 Å². The average molecular weight is 414 g/mol. The third kappa shape index (κ3) is 5.38. The summed E-state index contributed by atoms with van der Waals surface area (Å²) < 4.78 is 10.8. The van der Waals surface area contributed by atoms with E-state index in [4.69, 9.17) is 9.47 Å². The summed E-state index contributed by atoms with van der Waals surface area (Å²) in [5.41, 5.74) is 2.16. The maximum Gasteiger partial charge on any atom is 0.309 e. The Morgan fingerprint density at radius 2 is 1.77 bits per heavy atom. The second-order valence-electron chi connectivity index (χ2n) is 7.98. The predicted octanol–water partition coefficient (Wildman–Crippen LogP) is 4.68. The molecule has 0 radical (unpaired) electrons. The Bertz CT molecular complexity index is 893. The fourth-order valence-electron chi connectivity index (χ4n) is 3.42. The number of carbonyl (C=O) groups excluding carboxylic acids is 2. The Kier molecular flexibility index (Phi) is 7.98. The van der Waals surface area contributed by atoms with Crippen LogP contribution in [0.5, 0.6) is 11.5 Å². The van der Waals surface area contributed by atoms with E-state index < -0.39 is 17.7 Å². The Balaban J connectivity index is 2.13. The number of aromatic nitrogens is 1. The van der Waals surface area contributed by atoms with Gasteiger partial charge < -0.3 is 14.6 Å². The average Bonchev–Trinajstić information content (AvgIpc) is 2.71. The van der Waals surface area contributed by atoms with Crippen LogP contribution in [0.1, 0.15) is 61.6 Å². The summed E-state index contributed by atoms with van der Waals surface area (Å²) in [5.74, 6) is -1.75. The van der Waals surface area contributed by atoms with Crippen LogP contribution in [0.2, 0.25) is 0 Å². The number of hydrogen-bond acceptors (Lipinski definition) is 6. The van der Waals surface area contributed by atoms with Crippen molar-refractivity contribution < 1.29 is 24.2 Å². The Hall–Kier alpha value is -2.89. The predicted molar refractivity (Wildman–Crippen MR) is 115 cm³/mol. The van der Waals surface area contributed by atoms with Gasteiger partial charge in [0.25, 0.3) is 0 Å². The molecule has 30 heavy (non-hydrogen) atoms. The van der Waals surface area contributed by atoms with Crippen LogP contribution in [-0.2, 0) is 9.53 Å². The van der Waals surface area contributed by atoms with Gasteiger partial charge in [-0.25, -0.2) is 4.98 Å². The van der Waals surface area contributed by atoms with Gasteiger partial charge in [0.1, 0.15) is 6.10 Å². The Labute approximate surface area is 178 Å². The summed E-state index contributed by atoms with van der Waals surface area (Å²) >= 11 is 0. The van der Waals surface area contributed by atoms with Gasteiger partial charge in [-0.2, -0.15) is 0 Å². The molecule has 2 aromatic rings. The molecule has 3 atom stereocenters. The van der Waals surface area contributed by atoms with E-state index in [1.54, 1.807) is 0 Å². The lowest BCUT2D eigenvalue weighted by Gasteiger charge is -2.26. The lowest BCUT2D eigenvalue weighted by atomic mass is 9.89. The van der Waals surface area contributed by atoms with E-state index in [2.05, 4.69) is 4.98 Å². The number of pyridine rings is 1. The quantitative estimate of drug-likeness (QED) is 0.474. The van der Waals surface area contributed by atoms with Gasteiger partial charge in [0, 0.05) is 24.6 Å². The zero-order valence-electron chi connectivity index (χ0n) is 18.5. The number of aryl methyl sites for hydroxylation is 1. The molecule has 0 saturated carbocycles. The molecule has 0 bridgehead atoms. The van der Waals surface area contributed by atoms with Gasteiger partial charge in [-0.3, -0.25) is 9.59 Å². The minimum Gasteiger partial charge on any atom is -0.503 e. The highest BCUT2D eigenvalue weighted by molar-refractivity contribution is 5.99. The molecule has 0 unspecified atom stereocenters. The van der Waals surface area contributed by atoms with Gasteiger partial charge in [-0.15, -0.1) is 0 Å². The molecular formula is C24H31NO5. The van der Waals surface area contributed by atoms with Crippen LogP contribution in [0.3, 0.4) is 0 Å². The fraction of sp³-hybridized carbons (Fsp3) is 0.458. The number of ketones is 1. The SMILES string of the molecule is COc1ccnc(C(=O)C[C@H](C(=O)O[C@@H](C)[C@H](C)c2ccccc2C)C(C)C)c1O. The van der Waals surface area contributed by atoms with Gasteiger partial charge in [-0.05, 0) is 30.9 Å². The third-order valence-corrected chi connectivity index (χ3v) is 5.57. The largest absolute Gasteiger partial charge is 0.503 e. The summed E-state index contributed by atoms with van der Waals surface area (Å²) in [6, 6.07) is 9.48. The first-order valence-corrected chi connectivity index (χ1v) is 10.2. The molecule has 1 N–H and O–H groups in total. The first kappa shape index (κ1) is 23.4. The van der Waals surface area contributed by atoms with E-state index in [1.165, 1.54) is 19.4 Å². The standard InChI is InChI=1S/C24H31NO5/c1-14(2)19(13-20(26)22-23(27)21(29-6)11-12-25-22)24(28)30-17(5)16(4)18-10-8-7-9-15(18)3/h7-12,14,16-17,19,27H,13H2,1-6H3/t16-,17-,19-/m0/s1. The molecule has 1 heterocycles. The van der Waals surface area contributed by atoms with Crippen LogP contribution in [0.4, 0.5) is 0 Å². The van der Waals surface area contributed by atoms with Crippen molar-refractivity contribution in [3.8, 4) is 11.5 Å². The van der Waals surface area contributed by atoms with E-state index in [0.29, 0.717) is 0 Å². The van der Waals surface area contributed by atoms with Crippen molar-refractivity contribution in [1.29, 1.82) is 0 Å². The normalized spacial score (nSPS) is 14.1. The molecule has 0 aliphatic heterocycles. The molecular weight excluding hydrogens is 382 g/mol. The lowest BCUT2D eigenvalue weighted by molar-refractivity contribution is -0.155. The molecule has 162 valence electrons. The molecule has 0 saturated heterocycles. The minimum absolute atomic E-state index is 0.0164. The number of hydrogen-bond donors (Lipinski definition) is 1. The molecule has 2 rings (SSSR count). The molecule has 6 nitrogen and oxygen atoms in total. The number of esters is 1. The van der Waals surface area contributed by atoms with E-state index in [9.17, 15) is 14.7 Å². The number of aromatic hydroxyl groups is 1. The van der Waals surface area contributed by atoms with Gasteiger partial charge >= 0.3 is 5.97 Å². The van der Waals surface area contributed by atoms with Gasteiger partial charge in [0.05, 0.1) is 13.0 Å². The fourth-order valence-corrected chi connectivity index (χ4v) is 3.42. The minimum atomic E-state index is -0.642. The molecule has 0 aliphatic carbocycles. The monoisotopic (exact) mass is 413 g/mol. The molecule has 0 amide bonds. The molecule has 1 aromatic carbocycles. The zero-order valence-corrected chi connectivity index (χ0v) is 18.5. The molecule has 0 aliphatic rings. The summed E-state index contributed by atoms with van der Waals surface area (Å²) in [6.07, 6.45) is 0.939. The second-order valence-corrected chi connectivity index (χ2v) is 7.98. The van der Waals surface area contributed by atoms with E-state index in [1.807, 2.05) is 58.9 Å². The van der Waals surface area contributed by atoms with Crippen LogP contribution in [0.25, 0.3) is 0 Å². The van der Waals surface area contributed by atoms with Crippen LogP contribution in [0, 0.1) is 18.8 Å². The number of methoxy groups -OCH3 is 1. The van der Waals surface area contributed by atoms with Crippen molar-refractivity contribution in [3.63, 3.8) is 0 Å². The second kappa shape index (κ2) is 10.2. The van der Waals surface area contributed by atoms with Crippen molar-refractivity contribution >= 4 is 11.8 Å². The third-order valence-electron chi connectivity index (χ3n) is 5.57. The van der Waals surface area contributed by atoms with Crippen molar-refractivity contribution in [2.45, 2.75) is 53.1 Å². The van der Waals surface area contributed by atoms with Gasteiger partial charge in [0.2, 0.25) is 0 Å². The Morgan fingerprint density at radius 3 is 2.37 bits per heavy atom. The molecule has 0 spiro atoms. The molecule has 0 fully saturated rings. The Morgan fingerprint density at radius 1 is 1.10 bits per heavy atom. The molecule has 6 heteroatoms. The first-order chi connectivity index (χ1) is 14.2. The maximum atomic E-state index is 12.9. The number of Topliss-reactive ketones (excluding diaryl/α,β-unsaturated/α-hetero) is 1. The summed E-state index contributed by atoms with van der Waals surface area (Å²) in [4.78, 5) is 29.6. The number of rotatable bonds is 9. The lowest BCUT2D eigenvalue weighted by Crippen LogP contribution is -2.30. The zero-order chi connectivity index (χ0) is 22.4. The van der Waals surface area contributed by atoms with Crippen LogP contribution in [-0.4, -0.2) is 35.1 Å². The summed E-state index contributed by atoms with van der Waals surface area (Å²) in [6.45, 7) is 9.66. The van der Waals surface area contributed by atoms with Gasteiger partial charge in [0.15, 0.2) is 23.0 Å². The van der Waals surface area contributed by atoms with Crippen LogP contribution < -0.4 is 4.74 Å². The topological polar surface area (TPSA) is 85.7 Å². The number of benzene rings is 1. The van der Waals surface area contributed by atoms with Crippen LogP contribution in [0.15, 0.2) is 36.5 Å². The smallest absolute Gasteiger partial charge is 0.309 e. The highest BCUT2D eigenvalue weighted by Crippen LogP contribution is 2.31. The summed E-state index contributed by atoms with van der Waals surface area (Å²) in [7, 11) is 1.40. The van der Waals surface area contributed by atoms with Crippen molar-refractivity contribution in [2.24, 2.45) is 11.8 Å². The van der Waals surface area contributed by atoms with E-state index in [0.717, 1.165) is 11.1 Å².